The van der Waals surface area contributed by atoms with Crippen LogP contribution in [0.4, 0.5) is 5.69 Å². The van der Waals surface area contributed by atoms with E-state index in [1.807, 2.05) is 31.2 Å². The van der Waals surface area contributed by atoms with Crippen LogP contribution in [-0.2, 0) is 4.79 Å². The minimum Gasteiger partial charge on any atom is -0.295 e. The van der Waals surface area contributed by atoms with Gasteiger partial charge in [-0.15, -0.1) is 0 Å². The third-order valence-electron chi connectivity index (χ3n) is 4.81. The molecule has 4 rings (SSSR count). The number of anilines is 1. The molecule has 0 saturated heterocycles. The molecule has 1 aromatic heterocycles. The molecule has 0 saturated carbocycles. The maximum absolute atomic E-state index is 13.0. The van der Waals surface area contributed by atoms with Crippen molar-refractivity contribution in [2.45, 2.75) is 20.8 Å². The van der Waals surface area contributed by atoms with E-state index >= 15 is 0 Å². The Balaban J connectivity index is 1.73. The number of aromatic nitrogens is 2. The lowest BCUT2D eigenvalue weighted by atomic mass is 10.1. The number of hydrogen-bond donors (Lipinski definition) is 1. The fraction of sp³-hybridized carbons (Fsp3) is 0.136. The number of H-pyrrole nitrogens is 1. The molecule has 0 atom stereocenters. The van der Waals surface area contributed by atoms with Gasteiger partial charge < -0.3 is 0 Å². The predicted molar refractivity (Wildman–Crippen MR) is 116 cm³/mol. The molecule has 3 aromatic rings. The van der Waals surface area contributed by atoms with Gasteiger partial charge in [-0.3, -0.25) is 14.7 Å². The third-order valence-corrected chi connectivity index (χ3v) is 5.05. The quantitative estimate of drug-likeness (QED) is 0.661. The fourth-order valence-corrected chi connectivity index (χ4v) is 3.40. The van der Waals surface area contributed by atoms with Crippen molar-refractivity contribution in [2.75, 3.05) is 5.01 Å². The summed E-state index contributed by atoms with van der Waals surface area (Å²) in [5.74, 6) is -0.299. The highest BCUT2D eigenvalue weighted by atomic mass is 35.5. The van der Waals surface area contributed by atoms with Crippen molar-refractivity contribution >= 4 is 35.0 Å². The molecule has 0 aliphatic carbocycles. The molecule has 1 aliphatic heterocycles. The maximum Gasteiger partial charge on any atom is 0.280 e. The number of aryl methyl sites for hydroxylation is 2. The Morgan fingerprint density at radius 1 is 1.00 bits per heavy atom. The Hall–Kier alpha value is -3.38. The molecule has 0 radical (unpaired) electrons. The highest BCUT2D eigenvalue weighted by Crippen LogP contribution is 2.27. The first kappa shape index (κ1) is 19.0. The monoisotopic (exact) mass is 406 g/mol. The second-order valence-corrected chi connectivity index (χ2v) is 7.40. The van der Waals surface area contributed by atoms with Crippen LogP contribution in [0.3, 0.4) is 0 Å². The summed E-state index contributed by atoms with van der Waals surface area (Å²) in [7, 11) is 0. The normalized spacial score (nSPS) is 15.3. The van der Waals surface area contributed by atoms with E-state index in [0.717, 1.165) is 11.3 Å². The van der Waals surface area contributed by atoms with Crippen molar-refractivity contribution in [3.63, 3.8) is 0 Å². The van der Waals surface area contributed by atoms with E-state index in [9.17, 15) is 9.59 Å². The van der Waals surface area contributed by atoms with Gasteiger partial charge >= 0.3 is 0 Å². The number of carbonyl (C=O) groups excluding carboxylic acids is 1. The van der Waals surface area contributed by atoms with E-state index in [2.05, 4.69) is 10.2 Å². The molecule has 7 heteroatoms. The van der Waals surface area contributed by atoms with Gasteiger partial charge in [0.25, 0.3) is 11.5 Å². The minimum absolute atomic E-state index is 0.222. The van der Waals surface area contributed by atoms with Crippen molar-refractivity contribution in [2.24, 2.45) is 5.10 Å². The molecule has 1 N–H and O–H groups in total. The molecule has 0 fully saturated rings. The average molecular weight is 407 g/mol. The lowest BCUT2D eigenvalue weighted by molar-refractivity contribution is -0.114. The van der Waals surface area contributed by atoms with Crippen molar-refractivity contribution in [3.8, 4) is 5.69 Å². The number of benzene rings is 2. The first-order chi connectivity index (χ1) is 13.8. The zero-order valence-electron chi connectivity index (χ0n) is 16.2. The summed E-state index contributed by atoms with van der Waals surface area (Å²) < 4.78 is 1.47. The summed E-state index contributed by atoms with van der Waals surface area (Å²) in [4.78, 5) is 25.9. The van der Waals surface area contributed by atoms with Gasteiger partial charge in [0, 0.05) is 10.7 Å². The second-order valence-electron chi connectivity index (χ2n) is 6.97. The number of nitrogens with one attached hydrogen (secondary N) is 1. The lowest BCUT2D eigenvalue weighted by Gasteiger charge is -2.11. The van der Waals surface area contributed by atoms with E-state index in [-0.39, 0.29) is 11.5 Å². The van der Waals surface area contributed by atoms with Gasteiger partial charge in [0.15, 0.2) is 0 Å². The molecule has 0 bridgehead atoms. The van der Waals surface area contributed by atoms with Crippen molar-refractivity contribution in [3.05, 3.63) is 86.3 Å². The number of amides is 1. The second kappa shape index (κ2) is 7.22. The maximum atomic E-state index is 13.0. The zero-order valence-corrected chi connectivity index (χ0v) is 17.0. The molecule has 0 spiro atoms. The summed E-state index contributed by atoms with van der Waals surface area (Å²) in [5.41, 5.74) is 4.21. The molecule has 6 nitrogen and oxygen atoms in total. The number of hydrazone groups is 1. The largest absolute Gasteiger partial charge is 0.295 e. The third kappa shape index (κ3) is 3.43. The molecular weight excluding hydrogens is 388 g/mol. The van der Waals surface area contributed by atoms with Crippen LogP contribution in [0.2, 0.25) is 5.02 Å². The van der Waals surface area contributed by atoms with E-state index in [0.29, 0.717) is 33.3 Å². The summed E-state index contributed by atoms with van der Waals surface area (Å²) in [5, 5.41) is 9.24. The fourth-order valence-electron chi connectivity index (χ4n) is 3.22. The molecular formula is C22H19ClN4O2. The van der Waals surface area contributed by atoms with E-state index in [1.165, 1.54) is 9.69 Å². The molecule has 1 aliphatic rings. The first-order valence-corrected chi connectivity index (χ1v) is 9.49. The van der Waals surface area contributed by atoms with E-state index in [4.69, 9.17) is 11.6 Å². The molecule has 146 valence electrons. The standard InChI is InChI=1S/C22H19ClN4O2/c1-13-7-9-17(10-8-13)26-21(28)19(14(2)24-26)12-20-15(3)25-27(22(20)29)18-6-4-5-16(23)11-18/h4-12,24H,1-3H3/b20-12+. The van der Waals surface area contributed by atoms with Gasteiger partial charge in [-0.05, 0) is 57.2 Å². The SMILES string of the molecule is CC1=NN(c2cccc(Cl)c2)C(=O)/C1=C/c1c(C)[nH]n(-c2ccc(C)cc2)c1=O. The average Bonchev–Trinajstić information content (AvgIpc) is 3.13. The van der Waals surface area contributed by atoms with Crippen molar-refractivity contribution < 1.29 is 4.79 Å². The van der Waals surface area contributed by atoms with Gasteiger partial charge in [-0.1, -0.05) is 35.4 Å². The summed E-state index contributed by atoms with van der Waals surface area (Å²) in [6.45, 7) is 5.54. The molecule has 1 amide bonds. The topological polar surface area (TPSA) is 70.5 Å². The van der Waals surface area contributed by atoms with Crippen molar-refractivity contribution in [1.82, 2.24) is 9.78 Å². The Kier molecular flexibility index (Phi) is 4.72. The number of hydrogen-bond acceptors (Lipinski definition) is 3. The highest BCUT2D eigenvalue weighted by Gasteiger charge is 2.29. The van der Waals surface area contributed by atoms with Crippen LogP contribution in [-0.4, -0.2) is 21.4 Å². The number of nitrogens with zero attached hydrogens (tertiary/aromatic N) is 3. The number of carbonyl (C=O) groups is 1. The number of aromatic amines is 1. The highest BCUT2D eigenvalue weighted by molar-refractivity contribution is 6.33. The van der Waals surface area contributed by atoms with Crippen LogP contribution in [0.5, 0.6) is 0 Å². The van der Waals surface area contributed by atoms with E-state index < -0.39 is 0 Å². The van der Waals surface area contributed by atoms with Gasteiger partial charge in [-0.2, -0.15) is 10.1 Å². The Morgan fingerprint density at radius 2 is 1.72 bits per heavy atom. The van der Waals surface area contributed by atoms with Crippen LogP contribution in [0.1, 0.15) is 23.7 Å². The lowest BCUT2D eigenvalue weighted by Crippen LogP contribution is -2.22. The van der Waals surface area contributed by atoms with Crippen LogP contribution in [0.15, 0.2) is 64.0 Å². The minimum atomic E-state index is -0.299. The predicted octanol–water partition coefficient (Wildman–Crippen LogP) is 4.24. The van der Waals surface area contributed by atoms with Gasteiger partial charge in [0.2, 0.25) is 0 Å². The molecule has 2 aromatic carbocycles. The van der Waals surface area contributed by atoms with Gasteiger partial charge in [0.05, 0.1) is 28.2 Å². The number of halogens is 1. The van der Waals surface area contributed by atoms with Gasteiger partial charge in [0.1, 0.15) is 0 Å². The molecule has 2 heterocycles. The smallest absolute Gasteiger partial charge is 0.280 e. The van der Waals surface area contributed by atoms with Crippen LogP contribution >= 0.6 is 11.6 Å². The Labute approximate surface area is 172 Å². The van der Waals surface area contributed by atoms with Crippen LogP contribution in [0.25, 0.3) is 11.8 Å². The van der Waals surface area contributed by atoms with Crippen molar-refractivity contribution in [1.29, 1.82) is 0 Å². The molecule has 0 unspecified atom stereocenters. The summed E-state index contributed by atoms with van der Waals surface area (Å²) in [6, 6.07) is 14.5. The Morgan fingerprint density at radius 3 is 2.41 bits per heavy atom. The van der Waals surface area contributed by atoms with E-state index in [1.54, 1.807) is 44.2 Å². The van der Waals surface area contributed by atoms with Crippen LogP contribution < -0.4 is 10.6 Å². The summed E-state index contributed by atoms with van der Waals surface area (Å²) >= 11 is 6.04. The van der Waals surface area contributed by atoms with Gasteiger partial charge in [-0.25, -0.2) is 4.68 Å². The Bertz CT molecular complexity index is 1230. The zero-order chi connectivity index (χ0) is 20.7. The van der Waals surface area contributed by atoms with Crippen LogP contribution in [0, 0.1) is 13.8 Å². The molecule has 29 heavy (non-hydrogen) atoms. The first-order valence-electron chi connectivity index (χ1n) is 9.11. The number of rotatable bonds is 3. The summed E-state index contributed by atoms with van der Waals surface area (Å²) in [6.07, 6.45) is 1.60.